The minimum absolute atomic E-state index is 0.0238. The van der Waals surface area contributed by atoms with Crippen LogP contribution < -0.4 is 5.32 Å². The molecule has 0 aromatic heterocycles. The van der Waals surface area contributed by atoms with Crippen molar-refractivity contribution in [2.45, 2.75) is 62.6 Å². The Hall–Kier alpha value is -1.30. The molecule has 2 rings (SSSR count). The van der Waals surface area contributed by atoms with E-state index in [4.69, 9.17) is 6.42 Å². The molecule has 0 radical (unpaired) electrons. The van der Waals surface area contributed by atoms with E-state index in [9.17, 15) is 5.11 Å². The van der Waals surface area contributed by atoms with Gasteiger partial charge in [-0.25, -0.2) is 0 Å². The maximum Gasteiger partial charge on any atom is 0.0620 e. The first-order chi connectivity index (χ1) is 10.2. The summed E-state index contributed by atoms with van der Waals surface area (Å²) in [5.41, 5.74) is 0.0238. The number of allylic oxidation sites excluding steroid dienone is 3. The largest absolute Gasteiger partial charge is 0.392 e. The van der Waals surface area contributed by atoms with Gasteiger partial charge >= 0.3 is 0 Å². The molecule has 1 saturated carbocycles. The number of hydrogen-bond donors (Lipinski definition) is 2. The van der Waals surface area contributed by atoms with Crippen molar-refractivity contribution in [3.8, 4) is 12.3 Å². The number of rotatable bonds is 4. The van der Waals surface area contributed by atoms with Crippen molar-refractivity contribution >= 4 is 0 Å². The summed E-state index contributed by atoms with van der Waals surface area (Å²) in [7, 11) is 0. The monoisotopic (exact) mass is 285 g/mol. The molecule has 0 aromatic rings. The second kappa shape index (κ2) is 7.64. The lowest BCUT2D eigenvalue weighted by atomic mass is 9.66. The van der Waals surface area contributed by atoms with Gasteiger partial charge < -0.3 is 10.4 Å². The smallest absolute Gasteiger partial charge is 0.0620 e. The van der Waals surface area contributed by atoms with Crippen molar-refractivity contribution in [2.24, 2.45) is 5.92 Å². The van der Waals surface area contributed by atoms with Gasteiger partial charge in [-0.15, -0.1) is 6.42 Å². The van der Waals surface area contributed by atoms with Gasteiger partial charge in [0.2, 0.25) is 0 Å². The number of piperidine rings is 1. The highest BCUT2D eigenvalue weighted by molar-refractivity contribution is 5.17. The van der Waals surface area contributed by atoms with E-state index in [0.29, 0.717) is 6.04 Å². The second-order valence-corrected chi connectivity index (χ2v) is 6.30. The van der Waals surface area contributed by atoms with Crippen molar-refractivity contribution in [3.63, 3.8) is 0 Å². The predicted octanol–water partition coefficient (Wildman–Crippen LogP) is 3.35. The lowest BCUT2D eigenvalue weighted by Crippen LogP contribution is -2.61. The van der Waals surface area contributed by atoms with E-state index < -0.39 is 0 Å². The van der Waals surface area contributed by atoms with Crippen molar-refractivity contribution in [1.82, 2.24) is 5.32 Å². The molecule has 1 heterocycles. The Balaban J connectivity index is 2.12. The van der Waals surface area contributed by atoms with Gasteiger partial charge in [0.05, 0.1) is 6.10 Å². The van der Waals surface area contributed by atoms with Crippen LogP contribution in [0.15, 0.2) is 37.0 Å². The Morgan fingerprint density at radius 1 is 1.33 bits per heavy atom. The molecule has 2 N–H and O–H groups in total. The van der Waals surface area contributed by atoms with Crippen molar-refractivity contribution in [2.75, 3.05) is 0 Å². The van der Waals surface area contributed by atoms with Gasteiger partial charge in [-0.2, -0.15) is 0 Å². The first kappa shape index (κ1) is 16.1. The lowest BCUT2D eigenvalue weighted by Gasteiger charge is -2.51. The zero-order valence-electron chi connectivity index (χ0n) is 12.8. The van der Waals surface area contributed by atoms with Crippen LogP contribution in [0.2, 0.25) is 0 Å². The van der Waals surface area contributed by atoms with Gasteiger partial charge in [0.15, 0.2) is 0 Å². The molecule has 2 fully saturated rings. The molecule has 0 bridgehead atoms. The van der Waals surface area contributed by atoms with Crippen LogP contribution in [0.3, 0.4) is 0 Å². The number of nitrogens with one attached hydrogen (secondary N) is 1. The molecule has 21 heavy (non-hydrogen) atoms. The average molecular weight is 285 g/mol. The summed E-state index contributed by atoms with van der Waals surface area (Å²) >= 11 is 0. The number of hydrogen-bond acceptors (Lipinski definition) is 2. The molecule has 2 heteroatoms. The zero-order chi connectivity index (χ0) is 15.1. The standard InChI is InChI=1S/C19H27NO/c1-3-5-7-10-16-11-8-14-19(20-16)15-9-13-18(21)17(19)12-6-4-2/h2-3,5-7,12,16-18,20-21H,1,8-11,13-15H2/b7-5-,12-6-/t16-,17?,18?,19?/m1/s1. The van der Waals surface area contributed by atoms with Crippen LogP contribution in [-0.4, -0.2) is 22.8 Å². The number of terminal acetylenes is 1. The molecule has 1 saturated heterocycles. The zero-order valence-corrected chi connectivity index (χ0v) is 12.8. The molecule has 2 nitrogen and oxygen atoms in total. The van der Waals surface area contributed by atoms with Crippen molar-refractivity contribution in [1.29, 1.82) is 0 Å². The Bertz CT molecular complexity index is 441. The maximum absolute atomic E-state index is 10.4. The normalized spacial score (nSPS) is 37.0. The summed E-state index contributed by atoms with van der Waals surface area (Å²) in [5.74, 6) is 2.70. The summed E-state index contributed by atoms with van der Waals surface area (Å²) in [5, 5.41) is 14.3. The molecule has 1 aliphatic carbocycles. The topological polar surface area (TPSA) is 32.3 Å². The predicted molar refractivity (Wildman–Crippen MR) is 88.8 cm³/mol. The van der Waals surface area contributed by atoms with Gasteiger partial charge in [-0.1, -0.05) is 43.2 Å². The van der Waals surface area contributed by atoms with Crippen molar-refractivity contribution < 1.29 is 5.11 Å². The van der Waals surface area contributed by atoms with Gasteiger partial charge in [-0.05, 0) is 44.6 Å². The highest BCUT2D eigenvalue weighted by atomic mass is 16.3. The molecule has 114 valence electrons. The van der Waals surface area contributed by atoms with Crippen LogP contribution in [0.25, 0.3) is 0 Å². The summed E-state index contributed by atoms with van der Waals surface area (Å²) in [6.07, 6.45) is 22.5. The van der Waals surface area contributed by atoms with Gasteiger partial charge in [0.25, 0.3) is 0 Å². The van der Waals surface area contributed by atoms with E-state index in [2.05, 4.69) is 23.9 Å². The molecule has 2 aliphatic rings. The number of aliphatic hydroxyl groups excluding tert-OH is 1. The van der Waals surface area contributed by atoms with Crippen LogP contribution in [0.4, 0.5) is 0 Å². The molecule has 1 aliphatic heterocycles. The van der Waals surface area contributed by atoms with Crippen LogP contribution in [-0.2, 0) is 0 Å². The second-order valence-electron chi connectivity index (χ2n) is 6.30. The summed E-state index contributed by atoms with van der Waals surface area (Å²) < 4.78 is 0. The van der Waals surface area contributed by atoms with E-state index in [0.717, 1.165) is 32.1 Å². The van der Waals surface area contributed by atoms with Crippen LogP contribution in [0.1, 0.15) is 44.9 Å². The van der Waals surface area contributed by atoms with Gasteiger partial charge in [0, 0.05) is 17.5 Å². The lowest BCUT2D eigenvalue weighted by molar-refractivity contribution is 0.00393. The highest BCUT2D eigenvalue weighted by Crippen LogP contribution is 2.41. The van der Waals surface area contributed by atoms with Crippen molar-refractivity contribution in [3.05, 3.63) is 37.0 Å². The van der Waals surface area contributed by atoms with E-state index in [1.807, 2.05) is 18.2 Å². The molecular weight excluding hydrogens is 258 g/mol. The average Bonchev–Trinajstić information content (AvgIpc) is 2.47. The third-order valence-electron chi connectivity index (χ3n) is 4.93. The van der Waals surface area contributed by atoms with Gasteiger partial charge in [0.1, 0.15) is 0 Å². The van der Waals surface area contributed by atoms with Gasteiger partial charge in [-0.3, -0.25) is 0 Å². The fourth-order valence-corrected chi connectivity index (χ4v) is 4.00. The minimum Gasteiger partial charge on any atom is -0.392 e. The summed E-state index contributed by atoms with van der Waals surface area (Å²) in [6, 6.07) is 0.488. The Kier molecular flexibility index (Phi) is 5.85. The third-order valence-corrected chi connectivity index (χ3v) is 4.93. The highest BCUT2D eigenvalue weighted by Gasteiger charge is 2.45. The molecule has 3 unspecified atom stereocenters. The first-order valence-corrected chi connectivity index (χ1v) is 8.08. The molecule has 4 atom stereocenters. The minimum atomic E-state index is -0.279. The quantitative estimate of drug-likeness (QED) is 0.613. The Labute approximate surface area is 129 Å². The van der Waals surface area contributed by atoms with E-state index in [1.54, 1.807) is 6.08 Å². The molecular formula is C19H27NO. The molecule has 0 aromatic carbocycles. The van der Waals surface area contributed by atoms with Crippen LogP contribution >= 0.6 is 0 Å². The van der Waals surface area contributed by atoms with E-state index >= 15 is 0 Å². The summed E-state index contributed by atoms with van der Waals surface area (Å²) in [4.78, 5) is 0. The fourth-order valence-electron chi connectivity index (χ4n) is 4.00. The summed E-state index contributed by atoms with van der Waals surface area (Å²) in [6.45, 7) is 3.71. The SMILES string of the molecule is C#C/C=C\C1C(O)CCCC12CCC[C@@H](C/C=C\C=C)N2. The molecule has 1 spiro atoms. The first-order valence-electron chi connectivity index (χ1n) is 8.08. The van der Waals surface area contributed by atoms with Crippen LogP contribution in [0, 0.1) is 18.3 Å². The number of aliphatic hydroxyl groups is 1. The maximum atomic E-state index is 10.4. The Morgan fingerprint density at radius 3 is 2.81 bits per heavy atom. The Morgan fingerprint density at radius 2 is 2.10 bits per heavy atom. The van der Waals surface area contributed by atoms with E-state index in [1.165, 1.54) is 12.8 Å². The third kappa shape index (κ3) is 3.87. The van der Waals surface area contributed by atoms with Crippen LogP contribution in [0.5, 0.6) is 0 Å². The van der Waals surface area contributed by atoms with E-state index in [-0.39, 0.29) is 17.6 Å². The molecule has 0 amide bonds. The fraction of sp³-hybridized carbons (Fsp3) is 0.579.